The van der Waals surface area contributed by atoms with Gasteiger partial charge in [0.05, 0.1) is 23.1 Å². The molecule has 3 aromatic carbocycles. The minimum absolute atomic E-state index is 0.181. The van der Waals surface area contributed by atoms with Crippen molar-refractivity contribution in [3.63, 3.8) is 0 Å². The predicted molar refractivity (Wildman–Crippen MR) is 114 cm³/mol. The van der Waals surface area contributed by atoms with Crippen molar-refractivity contribution in [2.45, 2.75) is 18.5 Å². The molecule has 1 aliphatic heterocycles. The van der Waals surface area contributed by atoms with Crippen molar-refractivity contribution in [3.8, 4) is 0 Å². The van der Waals surface area contributed by atoms with Crippen LogP contribution in [-0.4, -0.2) is 9.55 Å². The summed E-state index contributed by atoms with van der Waals surface area (Å²) in [4.78, 5) is 4.86. The van der Waals surface area contributed by atoms with Gasteiger partial charge in [0.25, 0.3) is 0 Å². The highest BCUT2D eigenvalue weighted by molar-refractivity contribution is 9.10. The average molecular weight is 439 g/mol. The Balaban J connectivity index is 1.65. The number of nitrogens with one attached hydrogen (secondary N) is 1. The molecule has 0 spiro atoms. The van der Waals surface area contributed by atoms with Crippen LogP contribution in [-0.2, 0) is 0 Å². The number of fused-ring (bicyclic) bond motifs is 3. The number of aromatic nitrogens is 2. The first-order chi connectivity index (χ1) is 13.2. The third kappa shape index (κ3) is 3.03. The fourth-order valence-electron chi connectivity index (χ4n) is 3.89. The van der Waals surface area contributed by atoms with Gasteiger partial charge in [0, 0.05) is 9.50 Å². The van der Waals surface area contributed by atoms with E-state index in [9.17, 15) is 0 Å². The summed E-state index contributed by atoms with van der Waals surface area (Å²) in [5, 5.41) is 4.39. The molecule has 0 bridgehead atoms. The van der Waals surface area contributed by atoms with Gasteiger partial charge in [-0.1, -0.05) is 63.9 Å². The van der Waals surface area contributed by atoms with E-state index >= 15 is 0 Å². The van der Waals surface area contributed by atoms with Gasteiger partial charge in [-0.05, 0) is 53.9 Å². The summed E-state index contributed by atoms with van der Waals surface area (Å²) < 4.78 is 3.41. The maximum atomic E-state index is 6.08. The predicted octanol–water partition coefficient (Wildman–Crippen LogP) is 6.60. The van der Waals surface area contributed by atoms with E-state index in [1.807, 2.05) is 18.2 Å². The second-order valence-electron chi connectivity index (χ2n) is 6.85. The Morgan fingerprint density at radius 1 is 0.926 bits per heavy atom. The molecule has 27 heavy (non-hydrogen) atoms. The van der Waals surface area contributed by atoms with Crippen LogP contribution < -0.4 is 5.32 Å². The molecule has 2 heterocycles. The number of hydrogen-bond acceptors (Lipinski definition) is 2. The Morgan fingerprint density at radius 3 is 2.41 bits per heavy atom. The van der Waals surface area contributed by atoms with Gasteiger partial charge < -0.3 is 9.88 Å². The molecule has 134 valence electrons. The standard InChI is InChI=1S/C22H17BrClN3/c23-16-9-5-15(6-10-16)21-13-19(14-7-11-17(24)12-8-14)26-22-25-18-3-1-2-4-20(18)27(21)22/h1-12,19,21H,13H2,(H,25,26)/t19-,21-/m0/s1. The highest BCUT2D eigenvalue weighted by atomic mass is 79.9. The lowest BCUT2D eigenvalue weighted by Gasteiger charge is -2.33. The molecule has 0 radical (unpaired) electrons. The summed E-state index contributed by atoms with van der Waals surface area (Å²) in [5.41, 5.74) is 4.67. The number of para-hydroxylation sites is 2. The number of hydrogen-bond donors (Lipinski definition) is 1. The molecule has 1 aromatic heterocycles. The van der Waals surface area contributed by atoms with E-state index in [0.29, 0.717) is 0 Å². The van der Waals surface area contributed by atoms with Crippen LogP contribution in [0, 0.1) is 0 Å². The second kappa shape index (κ2) is 6.70. The molecular weight excluding hydrogens is 422 g/mol. The number of halogens is 2. The number of imidazole rings is 1. The van der Waals surface area contributed by atoms with Gasteiger partial charge >= 0.3 is 0 Å². The zero-order chi connectivity index (χ0) is 18.4. The Kier molecular flexibility index (Phi) is 4.18. The van der Waals surface area contributed by atoms with Gasteiger partial charge in [0.2, 0.25) is 5.95 Å². The van der Waals surface area contributed by atoms with Crippen molar-refractivity contribution in [1.82, 2.24) is 9.55 Å². The zero-order valence-electron chi connectivity index (χ0n) is 14.4. The molecule has 0 unspecified atom stereocenters. The molecule has 0 saturated heterocycles. The van der Waals surface area contributed by atoms with E-state index in [1.54, 1.807) is 0 Å². The van der Waals surface area contributed by atoms with Gasteiger partial charge in [-0.2, -0.15) is 0 Å². The molecule has 5 rings (SSSR count). The SMILES string of the molecule is Clc1ccc([C@@H]2C[C@@H](c3ccc(Br)cc3)n3c(nc4ccccc43)N2)cc1. The van der Waals surface area contributed by atoms with Crippen molar-refractivity contribution < 1.29 is 0 Å². The van der Waals surface area contributed by atoms with E-state index in [-0.39, 0.29) is 12.1 Å². The summed E-state index contributed by atoms with van der Waals surface area (Å²) >= 11 is 9.63. The molecule has 2 atom stereocenters. The molecule has 0 amide bonds. The van der Waals surface area contributed by atoms with Crippen molar-refractivity contribution in [2.75, 3.05) is 5.32 Å². The van der Waals surface area contributed by atoms with Crippen LogP contribution in [0.4, 0.5) is 5.95 Å². The Hall–Kier alpha value is -2.30. The largest absolute Gasteiger partial charge is 0.349 e. The van der Waals surface area contributed by atoms with E-state index in [0.717, 1.165) is 32.9 Å². The van der Waals surface area contributed by atoms with E-state index in [1.165, 1.54) is 11.1 Å². The van der Waals surface area contributed by atoms with E-state index < -0.39 is 0 Å². The summed E-state index contributed by atoms with van der Waals surface area (Å²) in [6, 6.07) is 25.4. The van der Waals surface area contributed by atoms with Crippen LogP contribution in [0.25, 0.3) is 11.0 Å². The molecule has 3 nitrogen and oxygen atoms in total. The normalized spacial score (nSPS) is 18.9. The second-order valence-corrected chi connectivity index (χ2v) is 8.20. The summed E-state index contributed by atoms with van der Waals surface area (Å²) in [5.74, 6) is 0.912. The number of anilines is 1. The third-order valence-corrected chi connectivity index (χ3v) is 5.98. The fourth-order valence-corrected chi connectivity index (χ4v) is 4.28. The summed E-state index contributed by atoms with van der Waals surface area (Å²) in [6.45, 7) is 0. The van der Waals surface area contributed by atoms with E-state index in [4.69, 9.17) is 16.6 Å². The lowest BCUT2D eigenvalue weighted by Crippen LogP contribution is -2.27. The number of benzene rings is 3. The Labute approximate surface area is 171 Å². The van der Waals surface area contributed by atoms with Crippen molar-refractivity contribution >= 4 is 44.5 Å². The molecule has 0 aliphatic carbocycles. The number of nitrogens with zero attached hydrogens (tertiary/aromatic N) is 2. The maximum absolute atomic E-state index is 6.08. The smallest absolute Gasteiger partial charge is 0.204 e. The highest BCUT2D eigenvalue weighted by Crippen LogP contribution is 2.41. The van der Waals surface area contributed by atoms with Gasteiger partial charge in [-0.25, -0.2) is 4.98 Å². The molecule has 5 heteroatoms. The fraction of sp³-hybridized carbons (Fsp3) is 0.136. The van der Waals surface area contributed by atoms with Crippen molar-refractivity contribution in [3.05, 3.63) is 93.4 Å². The molecule has 0 saturated carbocycles. The lowest BCUT2D eigenvalue weighted by molar-refractivity contribution is 0.477. The van der Waals surface area contributed by atoms with Crippen LogP contribution in [0.5, 0.6) is 0 Å². The maximum Gasteiger partial charge on any atom is 0.204 e. The van der Waals surface area contributed by atoms with Gasteiger partial charge in [0.1, 0.15) is 0 Å². The average Bonchev–Trinajstić information content (AvgIpc) is 3.07. The molecule has 1 N–H and O–H groups in total. The van der Waals surface area contributed by atoms with Crippen LogP contribution in [0.2, 0.25) is 5.02 Å². The first kappa shape index (κ1) is 16.8. The van der Waals surface area contributed by atoms with Crippen LogP contribution in [0.15, 0.2) is 77.3 Å². The van der Waals surface area contributed by atoms with E-state index in [2.05, 4.69) is 80.4 Å². The van der Waals surface area contributed by atoms with Crippen LogP contribution in [0.3, 0.4) is 0 Å². The van der Waals surface area contributed by atoms with Gasteiger partial charge in [-0.3, -0.25) is 0 Å². The molecule has 4 aromatic rings. The Morgan fingerprint density at radius 2 is 1.63 bits per heavy atom. The molecule has 0 fully saturated rings. The zero-order valence-corrected chi connectivity index (χ0v) is 16.8. The monoisotopic (exact) mass is 437 g/mol. The Bertz CT molecular complexity index is 1100. The van der Waals surface area contributed by atoms with Crippen molar-refractivity contribution in [2.24, 2.45) is 0 Å². The van der Waals surface area contributed by atoms with Gasteiger partial charge in [-0.15, -0.1) is 0 Å². The third-order valence-electron chi connectivity index (χ3n) is 5.20. The van der Waals surface area contributed by atoms with Gasteiger partial charge in [0.15, 0.2) is 0 Å². The minimum atomic E-state index is 0.181. The van der Waals surface area contributed by atoms with Crippen LogP contribution >= 0.6 is 27.5 Å². The summed E-state index contributed by atoms with van der Waals surface area (Å²) in [7, 11) is 0. The topological polar surface area (TPSA) is 29.9 Å². The molecule has 1 aliphatic rings. The lowest BCUT2D eigenvalue weighted by atomic mass is 9.93. The summed E-state index contributed by atoms with van der Waals surface area (Å²) in [6.07, 6.45) is 0.941. The first-order valence-electron chi connectivity index (χ1n) is 8.93. The first-order valence-corrected chi connectivity index (χ1v) is 10.1. The van der Waals surface area contributed by atoms with Crippen LogP contribution in [0.1, 0.15) is 29.6 Å². The molecular formula is C22H17BrClN3. The highest BCUT2D eigenvalue weighted by Gasteiger charge is 2.30. The van der Waals surface area contributed by atoms with Crippen molar-refractivity contribution in [1.29, 1.82) is 0 Å². The minimum Gasteiger partial charge on any atom is -0.349 e. The number of rotatable bonds is 2. The quantitative estimate of drug-likeness (QED) is 0.382.